The number of hydrogen-bond donors (Lipinski definition) is 4. The summed E-state index contributed by atoms with van der Waals surface area (Å²) in [6, 6.07) is 1.93. The summed E-state index contributed by atoms with van der Waals surface area (Å²) < 4.78 is 63.5. The fourth-order valence-corrected chi connectivity index (χ4v) is 2.45. The molecule has 33 heavy (non-hydrogen) atoms. The van der Waals surface area contributed by atoms with Gasteiger partial charge in [0.2, 0.25) is 0 Å². The van der Waals surface area contributed by atoms with E-state index in [9.17, 15) is 31.4 Å². The minimum absolute atomic E-state index is 0.237. The van der Waals surface area contributed by atoms with Crippen LogP contribution in [-0.4, -0.2) is 84.5 Å². The first-order chi connectivity index (χ1) is 15.1. The summed E-state index contributed by atoms with van der Waals surface area (Å²) in [5.74, 6) is -5.28. The van der Waals surface area contributed by atoms with Gasteiger partial charge in [-0.25, -0.2) is 9.59 Å². The van der Waals surface area contributed by atoms with Crippen molar-refractivity contribution in [2.75, 3.05) is 39.0 Å². The van der Waals surface area contributed by atoms with Crippen molar-refractivity contribution in [3.63, 3.8) is 0 Å². The average Bonchev–Trinajstić information content (AvgIpc) is 3.10. The Kier molecular flexibility index (Phi) is 9.21. The largest absolute Gasteiger partial charge is 0.504 e. The number of nitrogens with zero attached hydrogens (tertiary/aromatic N) is 3. The number of carboxylic acids is 2. The highest BCUT2D eigenvalue weighted by atomic mass is 19.4. The first kappa shape index (κ1) is 27.7. The summed E-state index contributed by atoms with van der Waals surface area (Å²) in [5.41, 5.74) is 2.58. The highest BCUT2D eigenvalue weighted by Crippen LogP contribution is 2.32. The molecule has 2 heterocycles. The lowest BCUT2D eigenvalue weighted by atomic mass is 10.1. The van der Waals surface area contributed by atoms with Crippen molar-refractivity contribution in [3.05, 3.63) is 16.6 Å². The van der Waals surface area contributed by atoms with E-state index < -0.39 is 24.3 Å². The second-order valence-corrected chi connectivity index (χ2v) is 6.77. The summed E-state index contributed by atoms with van der Waals surface area (Å²) in [6.45, 7) is 2.48. The van der Waals surface area contributed by atoms with Crippen LogP contribution in [-0.2, 0) is 9.59 Å². The van der Waals surface area contributed by atoms with Gasteiger partial charge in [0.05, 0.1) is 11.0 Å². The third-order valence-electron chi connectivity index (χ3n) is 3.95. The first-order valence-corrected chi connectivity index (χ1v) is 9.02. The van der Waals surface area contributed by atoms with E-state index in [2.05, 4.69) is 20.2 Å². The van der Waals surface area contributed by atoms with Crippen LogP contribution in [0.15, 0.2) is 16.1 Å². The third-order valence-corrected chi connectivity index (χ3v) is 3.95. The van der Waals surface area contributed by atoms with E-state index in [0.717, 1.165) is 42.3 Å². The number of phenols is 1. The van der Waals surface area contributed by atoms with E-state index in [1.165, 1.54) is 5.57 Å². The number of aliphatic carboxylic acids is 2. The second kappa shape index (κ2) is 11.0. The van der Waals surface area contributed by atoms with Gasteiger partial charge in [0.1, 0.15) is 5.69 Å². The summed E-state index contributed by atoms with van der Waals surface area (Å²) in [6.07, 6.45) is -7.40. The molecule has 0 amide bonds. The maximum Gasteiger partial charge on any atom is 0.490 e. The Balaban J connectivity index is 0.000000324. The van der Waals surface area contributed by atoms with E-state index in [4.69, 9.17) is 19.8 Å². The Morgan fingerprint density at radius 1 is 1.09 bits per heavy atom. The minimum atomic E-state index is -5.08. The Bertz CT molecular complexity index is 1010. The Morgan fingerprint density at radius 2 is 1.61 bits per heavy atom. The lowest BCUT2D eigenvalue weighted by Crippen LogP contribution is -2.31. The standard InChI is InChI=1S/C14H18N4O.2C2HF3O2/c1-18(2)6-5-16-11-7-10-12-9(3-4-15-10)8-17-13(12)14(11)19;2*3-2(4,5)1(6)7/h7-8,16,19H,3-6H2,1-2H3;2*(H,6,7). The van der Waals surface area contributed by atoms with Crippen LogP contribution < -0.4 is 15.9 Å². The molecular weight excluding hydrogens is 466 g/mol. The van der Waals surface area contributed by atoms with Gasteiger partial charge in [-0.05, 0) is 32.2 Å². The zero-order chi connectivity index (χ0) is 25.6. The molecule has 1 aromatic carbocycles. The molecule has 0 aromatic heterocycles. The van der Waals surface area contributed by atoms with Gasteiger partial charge < -0.3 is 25.5 Å². The van der Waals surface area contributed by atoms with E-state index in [1.54, 1.807) is 0 Å². The van der Waals surface area contributed by atoms with Crippen LogP contribution >= 0.6 is 0 Å². The number of halogens is 6. The number of alkyl halides is 6. The predicted molar refractivity (Wildman–Crippen MR) is 104 cm³/mol. The number of likely N-dealkylation sites (N-methyl/N-ethyl adjacent to an activating group) is 1. The Hall–Kier alpha value is -3.36. The van der Waals surface area contributed by atoms with Crippen molar-refractivity contribution >= 4 is 35.1 Å². The zero-order valence-electron chi connectivity index (χ0n) is 17.3. The van der Waals surface area contributed by atoms with Crippen molar-refractivity contribution in [2.45, 2.75) is 18.8 Å². The molecule has 0 atom stereocenters. The SMILES string of the molecule is CN(C)CCNc1cc2c3c(c1O)N=CC=3CCN=2.O=C(O)C(F)(F)F.O=C(O)C(F)(F)F. The minimum Gasteiger partial charge on any atom is -0.504 e. The van der Waals surface area contributed by atoms with E-state index in [1.807, 2.05) is 26.4 Å². The number of aromatic hydroxyl groups is 1. The second-order valence-electron chi connectivity index (χ2n) is 6.77. The maximum absolute atomic E-state index is 10.6. The smallest absolute Gasteiger partial charge is 0.490 e. The molecule has 1 aromatic rings. The number of benzene rings is 1. The molecular formula is C18H20F6N4O5. The van der Waals surface area contributed by atoms with Gasteiger partial charge in [0.25, 0.3) is 0 Å². The van der Waals surface area contributed by atoms with Crippen LogP contribution in [0.2, 0.25) is 0 Å². The molecule has 0 saturated heterocycles. The van der Waals surface area contributed by atoms with Crippen LogP contribution in [0, 0.1) is 0 Å². The number of carbonyl (C=O) groups is 2. The number of nitrogens with one attached hydrogen (secondary N) is 1. The van der Waals surface area contributed by atoms with Gasteiger partial charge in [0, 0.05) is 31.1 Å². The molecule has 2 aliphatic heterocycles. The molecule has 0 spiro atoms. The number of aliphatic imine (C=N–C) groups is 1. The summed E-state index contributed by atoms with van der Waals surface area (Å²) in [5, 5.41) is 29.8. The van der Waals surface area contributed by atoms with Crippen LogP contribution in [0.25, 0.3) is 5.57 Å². The van der Waals surface area contributed by atoms with E-state index >= 15 is 0 Å². The zero-order valence-corrected chi connectivity index (χ0v) is 17.3. The summed E-state index contributed by atoms with van der Waals surface area (Å²) in [7, 11) is 4.05. The van der Waals surface area contributed by atoms with Gasteiger partial charge in [-0.2, -0.15) is 26.3 Å². The lowest BCUT2D eigenvalue weighted by Gasteiger charge is -2.14. The van der Waals surface area contributed by atoms with Crippen molar-refractivity contribution in [1.29, 1.82) is 0 Å². The summed E-state index contributed by atoms with van der Waals surface area (Å²) >= 11 is 0. The third kappa shape index (κ3) is 8.25. The van der Waals surface area contributed by atoms with Crippen LogP contribution in [0.4, 0.5) is 37.7 Å². The molecule has 0 unspecified atom stereocenters. The van der Waals surface area contributed by atoms with Crippen molar-refractivity contribution in [1.82, 2.24) is 4.90 Å². The van der Waals surface area contributed by atoms with Gasteiger partial charge in [-0.3, -0.25) is 9.98 Å². The Morgan fingerprint density at radius 3 is 2.06 bits per heavy atom. The number of phenolic OH excluding ortho intramolecular Hbond substituents is 1. The van der Waals surface area contributed by atoms with Crippen LogP contribution in [0.1, 0.15) is 6.42 Å². The van der Waals surface area contributed by atoms with Crippen molar-refractivity contribution in [3.8, 4) is 5.75 Å². The quantitative estimate of drug-likeness (QED) is 0.375. The number of anilines is 1. The highest BCUT2D eigenvalue weighted by molar-refractivity contribution is 6.08. The Labute approximate surface area is 182 Å². The average molecular weight is 486 g/mol. The normalized spacial score (nSPS) is 13.8. The molecule has 184 valence electrons. The molecule has 4 N–H and O–H groups in total. The van der Waals surface area contributed by atoms with E-state index in [-0.39, 0.29) is 5.75 Å². The topological polar surface area (TPSA) is 135 Å². The fourth-order valence-electron chi connectivity index (χ4n) is 2.45. The summed E-state index contributed by atoms with van der Waals surface area (Å²) in [4.78, 5) is 28.7. The van der Waals surface area contributed by atoms with Crippen LogP contribution in [0.3, 0.4) is 0 Å². The van der Waals surface area contributed by atoms with Crippen molar-refractivity contribution < 1.29 is 51.3 Å². The first-order valence-electron chi connectivity index (χ1n) is 9.02. The molecule has 3 rings (SSSR count). The van der Waals surface area contributed by atoms with Crippen molar-refractivity contribution in [2.24, 2.45) is 9.98 Å². The number of rotatable bonds is 4. The fraction of sp³-hybridized carbons (Fsp3) is 0.444. The van der Waals surface area contributed by atoms with Crippen LogP contribution in [0.5, 0.6) is 5.75 Å². The molecule has 0 aliphatic carbocycles. The lowest BCUT2D eigenvalue weighted by molar-refractivity contribution is -0.193. The van der Waals surface area contributed by atoms with Gasteiger partial charge in [0.15, 0.2) is 5.75 Å². The molecule has 0 radical (unpaired) electrons. The molecule has 15 heteroatoms. The van der Waals surface area contributed by atoms with Gasteiger partial charge in [-0.15, -0.1) is 0 Å². The highest BCUT2D eigenvalue weighted by Gasteiger charge is 2.38. The maximum atomic E-state index is 10.6. The molecule has 0 bridgehead atoms. The molecule has 0 fully saturated rings. The molecule has 9 nitrogen and oxygen atoms in total. The number of hydrogen-bond acceptors (Lipinski definition) is 7. The predicted octanol–water partition coefficient (Wildman–Crippen LogP) is 1.52. The molecule has 0 saturated carbocycles. The monoisotopic (exact) mass is 486 g/mol. The van der Waals surface area contributed by atoms with Gasteiger partial charge in [-0.1, -0.05) is 0 Å². The van der Waals surface area contributed by atoms with Gasteiger partial charge >= 0.3 is 24.3 Å². The van der Waals surface area contributed by atoms with E-state index in [0.29, 0.717) is 5.69 Å². The number of carboxylic acid groups (broad SMARTS) is 2. The molecule has 2 aliphatic rings.